The highest BCUT2D eigenvalue weighted by molar-refractivity contribution is 5.97. The van der Waals surface area contributed by atoms with E-state index in [2.05, 4.69) is 10.6 Å². The molecule has 2 aromatic carbocycles. The number of hydrogen-bond donors (Lipinski definition) is 2. The summed E-state index contributed by atoms with van der Waals surface area (Å²) >= 11 is 0. The van der Waals surface area contributed by atoms with Crippen molar-refractivity contribution in [3.63, 3.8) is 0 Å². The van der Waals surface area contributed by atoms with E-state index in [4.69, 9.17) is 4.74 Å². The molecule has 6 nitrogen and oxygen atoms in total. The molecule has 29 heavy (non-hydrogen) atoms. The number of anilines is 1. The van der Waals surface area contributed by atoms with Gasteiger partial charge in [0.1, 0.15) is 12.4 Å². The number of benzene rings is 2. The van der Waals surface area contributed by atoms with Crippen molar-refractivity contribution in [2.45, 2.75) is 19.2 Å². The highest BCUT2D eigenvalue weighted by Crippen LogP contribution is 2.29. The average Bonchev–Trinajstić information content (AvgIpc) is 2.65. The van der Waals surface area contributed by atoms with Crippen LogP contribution in [0.25, 0.3) is 0 Å². The summed E-state index contributed by atoms with van der Waals surface area (Å²) in [6.07, 6.45) is -5.77. The standard InChI is InChI=1S/C19H16F4N2O4/c1-11(17(27)25-15-7-5-13(6-8-15)19(21,22)23)29-16(26)10-24-18(28)12-3-2-4-14(20)9-12/h2-9,11H,10H2,1H3,(H,24,28)(H,25,27)/t11-/m0/s1. The fourth-order valence-corrected chi connectivity index (χ4v) is 2.16. The summed E-state index contributed by atoms with van der Waals surface area (Å²) in [4.78, 5) is 35.6. The molecule has 0 aromatic heterocycles. The lowest BCUT2D eigenvalue weighted by Gasteiger charge is -2.14. The first-order chi connectivity index (χ1) is 13.6. The lowest BCUT2D eigenvalue weighted by atomic mass is 10.2. The Bertz CT molecular complexity index is 898. The van der Waals surface area contributed by atoms with Crippen molar-refractivity contribution in [2.75, 3.05) is 11.9 Å². The fourth-order valence-electron chi connectivity index (χ4n) is 2.16. The van der Waals surface area contributed by atoms with Gasteiger partial charge in [-0.15, -0.1) is 0 Å². The molecule has 0 aliphatic carbocycles. The number of halogens is 4. The van der Waals surface area contributed by atoms with Gasteiger partial charge < -0.3 is 15.4 Å². The van der Waals surface area contributed by atoms with Crippen LogP contribution in [-0.4, -0.2) is 30.4 Å². The molecule has 2 amide bonds. The Morgan fingerprint density at radius 3 is 2.31 bits per heavy atom. The SMILES string of the molecule is C[C@H](OC(=O)CNC(=O)c1cccc(F)c1)C(=O)Nc1ccc(C(F)(F)F)cc1. The number of esters is 1. The Balaban J connectivity index is 1.82. The maximum atomic E-state index is 13.1. The second-order valence-electron chi connectivity index (χ2n) is 5.89. The Hall–Kier alpha value is -3.43. The van der Waals surface area contributed by atoms with Crippen LogP contribution in [-0.2, 0) is 20.5 Å². The molecule has 0 fully saturated rings. The normalized spacial score (nSPS) is 12.0. The van der Waals surface area contributed by atoms with Crippen molar-refractivity contribution >= 4 is 23.5 Å². The van der Waals surface area contributed by atoms with Gasteiger partial charge in [0, 0.05) is 11.3 Å². The molecule has 0 saturated heterocycles. The van der Waals surface area contributed by atoms with Crippen molar-refractivity contribution in [1.82, 2.24) is 5.32 Å². The minimum absolute atomic E-state index is 0.00546. The molecule has 0 spiro atoms. The van der Waals surface area contributed by atoms with Gasteiger partial charge in [0.15, 0.2) is 6.10 Å². The van der Waals surface area contributed by atoms with Gasteiger partial charge in [-0.1, -0.05) is 6.07 Å². The van der Waals surface area contributed by atoms with Gasteiger partial charge in [-0.25, -0.2) is 4.39 Å². The minimum Gasteiger partial charge on any atom is -0.451 e. The van der Waals surface area contributed by atoms with E-state index in [0.717, 1.165) is 36.4 Å². The third-order valence-electron chi connectivity index (χ3n) is 3.64. The van der Waals surface area contributed by atoms with E-state index in [1.807, 2.05) is 0 Å². The second kappa shape index (κ2) is 9.18. The van der Waals surface area contributed by atoms with Gasteiger partial charge in [-0.3, -0.25) is 14.4 Å². The maximum absolute atomic E-state index is 13.1. The average molecular weight is 412 g/mol. The number of nitrogens with one attached hydrogen (secondary N) is 2. The van der Waals surface area contributed by atoms with Gasteiger partial charge in [-0.2, -0.15) is 13.2 Å². The van der Waals surface area contributed by atoms with Gasteiger partial charge in [0.05, 0.1) is 5.56 Å². The Morgan fingerprint density at radius 1 is 1.07 bits per heavy atom. The van der Waals surface area contributed by atoms with E-state index in [0.29, 0.717) is 0 Å². The van der Waals surface area contributed by atoms with Crippen LogP contribution in [0, 0.1) is 5.82 Å². The highest BCUT2D eigenvalue weighted by atomic mass is 19.4. The summed E-state index contributed by atoms with van der Waals surface area (Å²) in [5, 5.41) is 4.53. The number of carbonyl (C=O) groups excluding carboxylic acids is 3. The van der Waals surface area contributed by atoms with Crippen LogP contribution < -0.4 is 10.6 Å². The van der Waals surface area contributed by atoms with E-state index in [-0.39, 0.29) is 11.3 Å². The van der Waals surface area contributed by atoms with Crippen LogP contribution in [0.15, 0.2) is 48.5 Å². The summed E-state index contributed by atoms with van der Waals surface area (Å²) in [7, 11) is 0. The quantitative estimate of drug-likeness (QED) is 0.564. The zero-order chi connectivity index (χ0) is 21.6. The zero-order valence-electron chi connectivity index (χ0n) is 15.0. The molecule has 0 radical (unpaired) electrons. The zero-order valence-corrected chi connectivity index (χ0v) is 15.0. The monoisotopic (exact) mass is 412 g/mol. The Kier molecular flexibility index (Phi) is 6.92. The summed E-state index contributed by atoms with van der Waals surface area (Å²) in [5.41, 5.74) is -0.778. The molecule has 2 N–H and O–H groups in total. The lowest BCUT2D eigenvalue weighted by molar-refractivity contribution is -0.152. The van der Waals surface area contributed by atoms with Crippen molar-refractivity contribution in [3.05, 3.63) is 65.5 Å². The van der Waals surface area contributed by atoms with Gasteiger partial charge in [-0.05, 0) is 49.4 Å². The van der Waals surface area contributed by atoms with E-state index in [1.54, 1.807) is 0 Å². The molecule has 0 unspecified atom stereocenters. The molecule has 2 aromatic rings. The smallest absolute Gasteiger partial charge is 0.416 e. The molecule has 0 saturated carbocycles. The number of carbonyl (C=O) groups is 3. The van der Waals surface area contributed by atoms with Crippen LogP contribution in [0.1, 0.15) is 22.8 Å². The van der Waals surface area contributed by atoms with Crippen molar-refractivity contribution in [3.8, 4) is 0 Å². The molecule has 154 valence electrons. The second-order valence-corrected chi connectivity index (χ2v) is 5.89. The van der Waals surface area contributed by atoms with Crippen LogP contribution in [0.5, 0.6) is 0 Å². The molecule has 0 heterocycles. The third-order valence-corrected chi connectivity index (χ3v) is 3.64. The largest absolute Gasteiger partial charge is 0.451 e. The van der Waals surface area contributed by atoms with Gasteiger partial charge in [0.25, 0.3) is 11.8 Å². The molecule has 10 heteroatoms. The molecule has 0 aliphatic rings. The topological polar surface area (TPSA) is 84.5 Å². The van der Waals surface area contributed by atoms with Crippen LogP contribution >= 0.6 is 0 Å². The van der Waals surface area contributed by atoms with Crippen molar-refractivity contribution in [2.24, 2.45) is 0 Å². The summed E-state index contributed by atoms with van der Waals surface area (Å²) in [5.74, 6) is -3.02. The minimum atomic E-state index is -4.50. The predicted molar refractivity (Wildman–Crippen MR) is 94.4 cm³/mol. The Labute approximate surface area is 162 Å². The third kappa shape index (κ3) is 6.59. The lowest BCUT2D eigenvalue weighted by Crippen LogP contribution is -2.35. The summed E-state index contributed by atoms with van der Waals surface area (Å²) < 4.78 is 55.5. The number of amides is 2. The number of alkyl halides is 3. The number of rotatable bonds is 6. The first kappa shape index (κ1) is 21.9. The molecule has 0 aliphatic heterocycles. The molecular formula is C19H16F4N2O4. The Morgan fingerprint density at radius 2 is 1.72 bits per heavy atom. The van der Waals surface area contributed by atoms with E-state index >= 15 is 0 Å². The van der Waals surface area contributed by atoms with Gasteiger partial charge >= 0.3 is 12.1 Å². The van der Waals surface area contributed by atoms with Crippen LogP contribution in [0.4, 0.5) is 23.2 Å². The molecule has 1 atom stereocenters. The molecule has 2 rings (SSSR count). The molecular weight excluding hydrogens is 396 g/mol. The van der Waals surface area contributed by atoms with Crippen LogP contribution in [0.2, 0.25) is 0 Å². The van der Waals surface area contributed by atoms with Crippen molar-refractivity contribution in [1.29, 1.82) is 0 Å². The maximum Gasteiger partial charge on any atom is 0.416 e. The van der Waals surface area contributed by atoms with E-state index in [1.165, 1.54) is 19.1 Å². The van der Waals surface area contributed by atoms with Crippen molar-refractivity contribution < 1.29 is 36.7 Å². The van der Waals surface area contributed by atoms with E-state index < -0.39 is 48.0 Å². The van der Waals surface area contributed by atoms with Gasteiger partial charge in [0.2, 0.25) is 0 Å². The van der Waals surface area contributed by atoms with E-state index in [9.17, 15) is 31.9 Å². The number of ether oxygens (including phenoxy) is 1. The first-order valence-electron chi connectivity index (χ1n) is 8.27. The highest BCUT2D eigenvalue weighted by Gasteiger charge is 2.30. The number of hydrogen-bond acceptors (Lipinski definition) is 4. The predicted octanol–water partition coefficient (Wildman–Crippen LogP) is 3.14. The fraction of sp³-hybridized carbons (Fsp3) is 0.211. The summed E-state index contributed by atoms with van der Waals surface area (Å²) in [6.45, 7) is 0.693. The summed E-state index contributed by atoms with van der Waals surface area (Å²) in [6, 6.07) is 8.55. The van der Waals surface area contributed by atoms with Crippen LogP contribution in [0.3, 0.4) is 0 Å². The first-order valence-corrected chi connectivity index (χ1v) is 8.27. The molecule has 0 bridgehead atoms.